The van der Waals surface area contributed by atoms with Crippen LogP contribution in [0.4, 0.5) is 4.79 Å². The monoisotopic (exact) mass is 486 g/mol. The Kier molecular flexibility index (Phi) is 4.67. The fourth-order valence-corrected chi connectivity index (χ4v) is 5.37. The molecular formula is C19H27IN4O3. The first-order valence-electron chi connectivity index (χ1n) is 9.63. The van der Waals surface area contributed by atoms with Crippen LogP contribution in [0.25, 0.3) is 0 Å². The Hall–Kier alpha value is -1.32. The number of likely N-dealkylation sites (tertiary alicyclic amines) is 1. The number of halogens is 1. The summed E-state index contributed by atoms with van der Waals surface area (Å²) in [5.74, 6) is 0.988. The first-order valence-corrected chi connectivity index (χ1v) is 10.7. The van der Waals surface area contributed by atoms with Gasteiger partial charge in [-0.15, -0.1) is 0 Å². The van der Waals surface area contributed by atoms with Crippen LogP contribution >= 0.6 is 22.6 Å². The summed E-state index contributed by atoms with van der Waals surface area (Å²) in [6, 6.07) is 0.366. The van der Waals surface area contributed by atoms with Gasteiger partial charge in [0.25, 0.3) is 0 Å². The maximum atomic E-state index is 12.4. The summed E-state index contributed by atoms with van der Waals surface area (Å²) in [5, 5.41) is 4.85. The van der Waals surface area contributed by atoms with E-state index >= 15 is 0 Å². The number of hydrogen-bond donors (Lipinski definition) is 0. The number of piperidine rings is 2. The summed E-state index contributed by atoms with van der Waals surface area (Å²) in [7, 11) is 0. The van der Waals surface area contributed by atoms with E-state index in [4.69, 9.17) is 9.84 Å². The second-order valence-electron chi connectivity index (χ2n) is 8.98. The second kappa shape index (κ2) is 6.63. The van der Waals surface area contributed by atoms with Crippen LogP contribution in [0, 0.1) is 15.5 Å². The van der Waals surface area contributed by atoms with Crippen LogP contribution in [-0.4, -0.2) is 56.8 Å². The lowest BCUT2D eigenvalue weighted by molar-refractivity contribution is -0.129. The normalized spacial score (nSPS) is 27.1. The highest BCUT2D eigenvalue weighted by Crippen LogP contribution is 2.50. The molecule has 8 heteroatoms. The number of nitrogens with zero attached hydrogens (tertiary/aromatic N) is 4. The number of carbonyl (C=O) groups is 2. The highest BCUT2D eigenvalue weighted by atomic mass is 127. The molecule has 0 N–H and O–H groups in total. The van der Waals surface area contributed by atoms with Crippen molar-refractivity contribution in [1.29, 1.82) is 0 Å². The average Bonchev–Trinajstić information content (AvgIpc) is 2.89. The van der Waals surface area contributed by atoms with E-state index in [1.807, 2.05) is 30.6 Å². The Morgan fingerprint density at radius 3 is 2.44 bits per heavy atom. The molecular weight excluding hydrogens is 459 g/mol. The number of hydrogen-bond acceptors (Lipinski definition) is 4. The molecule has 1 saturated heterocycles. The molecule has 0 aromatic carbocycles. The van der Waals surface area contributed by atoms with E-state index in [2.05, 4.69) is 27.3 Å². The van der Waals surface area contributed by atoms with Crippen molar-refractivity contribution in [3.8, 4) is 0 Å². The van der Waals surface area contributed by atoms with Crippen molar-refractivity contribution in [2.24, 2.45) is 11.8 Å². The SMILES string of the molecule is CC(=O)N1CCc2c(c(I)nn2C2[C@@H]3C[C@H]2CN(C(=O)OC(C)(C)C)C3)C1. The Morgan fingerprint density at radius 1 is 1.19 bits per heavy atom. The zero-order chi connectivity index (χ0) is 19.5. The molecule has 1 aromatic rings. The number of fused-ring (bicyclic) bond motifs is 3. The van der Waals surface area contributed by atoms with Gasteiger partial charge in [0.1, 0.15) is 9.30 Å². The lowest BCUT2D eigenvalue weighted by Gasteiger charge is -2.53. The van der Waals surface area contributed by atoms with Gasteiger partial charge >= 0.3 is 6.09 Å². The van der Waals surface area contributed by atoms with E-state index in [0.717, 1.165) is 36.2 Å². The van der Waals surface area contributed by atoms with E-state index in [0.29, 0.717) is 24.4 Å². The fourth-order valence-electron chi connectivity index (χ4n) is 4.66. The Balaban J connectivity index is 1.49. The molecule has 3 heterocycles. The number of ether oxygens (including phenoxy) is 1. The molecule has 1 saturated carbocycles. The van der Waals surface area contributed by atoms with E-state index in [-0.39, 0.29) is 12.0 Å². The molecule has 7 nitrogen and oxygen atoms in total. The number of rotatable bonds is 1. The van der Waals surface area contributed by atoms with Crippen LogP contribution in [0.15, 0.2) is 0 Å². The Morgan fingerprint density at radius 2 is 1.85 bits per heavy atom. The molecule has 0 radical (unpaired) electrons. The molecule has 1 aromatic heterocycles. The molecule has 2 bridgehead atoms. The van der Waals surface area contributed by atoms with Crippen molar-refractivity contribution in [3.05, 3.63) is 15.0 Å². The number of amides is 2. The lowest BCUT2D eigenvalue weighted by atomic mass is 9.66. The van der Waals surface area contributed by atoms with Gasteiger partial charge in [-0.05, 0) is 61.6 Å². The summed E-state index contributed by atoms with van der Waals surface area (Å²) in [4.78, 5) is 27.9. The van der Waals surface area contributed by atoms with Crippen molar-refractivity contribution in [2.75, 3.05) is 19.6 Å². The molecule has 3 aliphatic rings. The maximum absolute atomic E-state index is 12.4. The quantitative estimate of drug-likeness (QED) is 0.573. The molecule has 27 heavy (non-hydrogen) atoms. The van der Waals surface area contributed by atoms with Crippen LogP contribution in [0.2, 0.25) is 0 Å². The zero-order valence-electron chi connectivity index (χ0n) is 16.4. The van der Waals surface area contributed by atoms with Gasteiger partial charge in [-0.3, -0.25) is 9.48 Å². The van der Waals surface area contributed by atoms with Gasteiger partial charge in [0.05, 0.1) is 12.6 Å². The molecule has 3 atom stereocenters. The van der Waals surface area contributed by atoms with E-state index in [9.17, 15) is 9.59 Å². The van der Waals surface area contributed by atoms with Crippen LogP contribution in [0.5, 0.6) is 0 Å². The number of carbonyl (C=O) groups excluding carboxylic acids is 2. The van der Waals surface area contributed by atoms with Crippen LogP contribution in [-0.2, 0) is 22.5 Å². The summed E-state index contributed by atoms with van der Waals surface area (Å²) < 4.78 is 8.77. The molecule has 1 aliphatic carbocycles. The highest BCUT2D eigenvalue weighted by molar-refractivity contribution is 14.1. The third kappa shape index (κ3) is 3.45. The highest BCUT2D eigenvalue weighted by Gasteiger charge is 2.51. The van der Waals surface area contributed by atoms with Gasteiger partial charge in [-0.1, -0.05) is 0 Å². The Labute approximate surface area is 173 Å². The largest absolute Gasteiger partial charge is 0.444 e. The summed E-state index contributed by atoms with van der Waals surface area (Å²) in [5.41, 5.74) is 2.02. The van der Waals surface area contributed by atoms with E-state index in [1.54, 1.807) is 6.92 Å². The molecule has 2 amide bonds. The van der Waals surface area contributed by atoms with Crippen molar-refractivity contribution >= 4 is 34.6 Å². The summed E-state index contributed by atoms with van der Waals surface area (Å²) in [6.07, 6.45) is 1.80. The molecule has 148 valence electrons. The van der Waals surface area contributed by atoms with Crippen molar-refractivity contribution < 1.29 is 14.3 Å². The average molecular weight is 486 g/mol. The first-order chi connectivity index (χ1) is 12.6. The topological polar surface area (TPSA) is 67.7 Å². The summed E-state index contributed by atoms with van der Waals surface area (Å²) >= 11 is 2.29. The molecule has 4 rings (SSSR count). The summed E-state index contributed by atoms with van der Waals surface area (Å²) in [6.45, 7) is 10.2. The van der Waals surface area contributed by atoms with Crippen molar-refractivity contribution in [2.45, 2.75) is 58.7 Å². The molecule has 1 unspecified atom stereocenters. The smallest absolute Gasteiger partial charge is 0.410 e. The van der Waals surface area contributed by atoms with Gasteiger partial charge in [-0.25, -0.2) is 4.79 Å². The van der Waals surface area contributed by atoms with Gasteiger partial charge in [0.2, 0.25) is 5.91 Å². The predicted molar refractivity (Wildman–Crippen MR) is 108 cm³/mol. The van der Waals surface area contributed by atoms with Crippen LogP contribution in [0.3, 0.4) is 0 Å². The minimum absolute atomic E-state index is 0.123. The molecule has 2 fully saturated rings. The third-order valence-electron chi connectivity index (χ3n) is 5.90. The number of aromatic nitrogens is 2. The minimum atomic E-state index is -0.460. The van der Waals surface area contributed by atoms with Gasteiger partial charge in [-0.2, -0.15) is 5.10 Å². The zero-order valence-corrected chi connectivity index (χ0v) is 18.5. The maximum Gasteiger partial charge on any atom is 0.410 e. The van der Waals surface area contributed by atoms with E-state index in [1.165, 1.54) is 11.3 Å². The van der Waals surface area contributed by atoms with Crippen LogP contribution < -0.4 is 0 Å². The van der Waals surface area contributed by atoms with Crippen molar-refractivity contribution in [1.82, 2.24) is 19.6 Å². The predicted octanol–water partition coefficient (Wildman–Crippen LogP) is 2.82. The van der Waals surface area contributed by atoms with E-state index < -0.39 is 5.60 Å². The standard InChI is InChI=1S/C19H27IN4O3/c1-11(25)22-6-5-15-14(10-22)17(20)21-24(15)16-12-7-13(16)9-23(8-12)18(26)27-19(2,3)4/h12-13,16H,5-10H2,1-4H3/t12-,13+,16?. The van der Waals surface area contributed by atoms with Gasteiger partial charge in [0.15, 0.2) is 0 Å². The van der Waals surface area contributed by atoms with Gasteiger partial charge < -0.3 is 14.5 Å². The molecule has 0 spiro atoms. The first kappa shape index (κ1) is 19.0. The van der Waals surface area contributed by atoms with Gasteiger partial charge in [0, 0.05) is 44.2 Å². The minimum Gasteiger partial charge on any atom is -0.444 e. The fraction of sp³-hybridized carbons (Fsp3) is 0.737. The third-order valence-corrected chi connectivity index (χ3v) is 6.76. The second-order valence-corrected chi connectivity index (χ2v) is 10.0. The van der Waals surface area contributed by atoms with Crippen molar-refractivity contribution in [3.63, 3.8) is 0 Å². The lowest BCUT2D eigenvalue weighted by Crippen LogP contribution is -2.58. The molecule has 2 aliphatic heterocycles. The van der Waals surface area contributed by atoms with Crippen LogP contribution in [0.1, 0.15) is 51.4 Å². The Bertz CT molecular complexity index is 773.